The maximum atomic E-state index is 9.12. The fraction of sp³-hybridized carbons (Fsp3) is 0.500. The summed E-state index contributed by atoms with van der Waals surface area (Å²) < 4.78 is 1.93. The Hall–Kier alpha value is -1.65. The van der Waals surface area contributed by atoms with Crippen LogP contribution in [0.3, 0.4) is 0 Å². The zero-order valence-corrected chi connectivity index (χ0v) is 13.5. The molecule has 0 saturated carbocycles. The molecule has 0 amide bonds. The predicted octanol–water partition coefficient (Wildman–Crippen LogP) is 2.48. The third kappa shape index (κ3) is 3.08. The van der Waals surface area contributed by atoms with Crippen molar-refractivity contribution in [2.24, 2.45) is 0 Å². The van der Waals surface area contributed by atoms with E-state index in [0.29, 0.717) is 12.5 Å². The van der Waals surface area contributed by atoms with Gasteiger partial charge in [0, 0.05) is 24.3 Å². The maximum absolute atomic E-state index is 9.12. The SMILES string of the molecule is Cc1nn(CCO)c(C)c1CN1CCC(c2ccccc2)C1. The van der Waals surface area contributed by atoms with Crippen LogP contribution in [-0.2, 0) is 13.1 Å². The van der Waals surface area contributed by atoms with Gasteiger partial charge in [-0.2, -0.15) is 5.10 Å². The normalized spacial score (nSPS) is 19.0. The molecule has 2 heterocycles. The topological polar surface area (TPSA) is 41.3 Å². The molecule has 118 valence electrons. The van der Waals surface area contributed by atoms with Crippen LogP contribution in [0.4, 0.5) is 0 Å². The van der Waals surface area contributed by atoms with Gasteiger partial charge < -0.3 is 5.11 Å². The number of benzene rings is 1. The Morgan fingerprint density at radius 3 is 2.73 bits per heavy atom. The largest absolute Gasteiger partial charge is 0.394 e. The van der Waals surface area contributed by atoms with Gasteiger partial charge in [0.15, 0.2) is 0 Å². The number of aromatic nitrogens is 2. The van der Waals surface area contributed by atoms with E-state index in [1.54, 1.807) is 0 Å². The van der Waals surface area contributed by atoms with Crippen LogP contribution in [-0.4, -0.2) is 39.5 Å². The van der Waals surface area contributed by atoms with Crippen molar-refractivity contribution in [3.05, 3.63) is 52.8 Å². The van der Waals surface area contributed by atoms with E-state index in [2.05, 4.69) is 54.2 Å². The van der Waals surface area contributed by atoms with Crippen molar-refractivity contribution in [3.63, 3.8) is 0 Å². The summed E-state index contributed by atoms with van der Waals surface area (Å²) in [7, 11) is 0. The van der Waals surface area contributed by atoms with E-state index in [1.807, 2.05) is 4.68 Å². The summed E-state index contributed by atoms with van der Waals surface area (Å²) in [5.41, 5.74) is 5.06. The molecular weight excluding hydrogens is 274 g/mol. The fourth-order valence-corrected chi connectivity index (χ4v) is 3.47. The summed E-state index contributed by atoms with van der Waals surface area (Å²) in [5.74, 6) is 0.647. The molecule has 1 aromatic heterocycles. The first-order valence-electron chi connectivity index (χ1n) is 8.10. The lowest BCUT2D eigenvalue weighted by Gasteiger charge is -2.16. The predicted molar refractivity (Wildman–Crippen MR) is 87.9 cm³/mol. The Morgan fingerprint density at radius 2 is 2.00 bits per heavy atom. The highest BCUT2D eigenvalue weighted by atomic mass is 16.3. The molecule has 1 saturated heterocycles. The molecule has 1 unspecified atom stereocenters. The van der Waals surface area contributed by atoms with E-state index >= 15 is 0 Å². The van der Waals surface area contributed by atoms with Gasteiger partial charge in [0.2, 0.25) is 0 Å². The van der Waals surface area contributed by atoms with Gasteiger partial charge in [0.1, 0.15) is 0 Å². The molecule has 1 aliphatic rings. The van der Waals surface area contributed by atoms with Gasteiger partial charge in [-0.1, -0.05) is 30.3 Å². The summed E-state index contributed by atoms with van der Waals surface area (Å²) in [6.07, 6.45) is 1.23. The number of hydrogen-bond donors (Lipinski definition) is 1. The molecule has 2 aromatic rings. The fourth-order valence-electron chi connectivity index (χ4n) is 3.47. The Morgan fingerprint density at radius 1 is 1.23 bits per heavy atom. The molecule has 0 bridgehead atoms. The monoisotopic (exact) mass is 299 g/mol. The van der Waals surface area contributed by atoms with Crippen LogP contribution < -0.4 is 0 Å². The highest BCUT2D eigenvalue weighted by Crippen LogP contribution is 2.28. The van der Waals surface area contributed by atoms with Crippen LogP contribution in [0.25, 0.3) is 0 Å². The van der Waals surface area contributed by atoms with Crippen molar-refractivity contribution < 1.29 is 5.11 Å². The maximum Gasteiger partial charge on any atom is 0.0644 e. The molecule has 22 heavy (non-hydrogen) atoms. The van der Waals surface area contributed by atoms with Crippen molar-refractivity contribution in [3.8, 4) is 0 Å². The van der Waals surface area contributed by atoms with E-state index < -0.39 is 0 Å². The van der Waals surface area contributed by atoms with Gasteiger partial charge in [0.25, 0.3) is 0 Å². The van der Waals surface area contributed by atoms with Gasteiger partial charge in [-0.3, -0.25) is 9.58 Å². The van der Waals surface area contributed by atoms with Crippen LogP contribution in [0.5, 0.6) is 0 Å². The van der Waals surface area contributed by atoms with E-state index in [9.17, 15) is 0 Å². The molecule has 1 N–H and O–H groups in total. The first kappa shape index (κ1) is 15.3. The van der Waals surface area contributed by atoms with Gasteiger partial charge in [-0.25, -0.2) is 0 Å². The summed E-state index contributed by atoms with van der Waals surface area (Å²) in [6.45, 7) is 8.13. The van der Waals surface area contributed by atoms with Crippen molar-refractivity contribution in [1.29, 1.82) is 0 Å². The number of nitrogens with zero attached hydrogens (tertiary/aromatic N) is 3. The quantitative estimate of drug-likeness (QED) is 0.922. The number of likely N-dealkylation sites (tertiary alicyclic amines) is 1. The number of aliphatic hydroxyl groups excluding tert-OH is 1. The lowest BCUT2D eigenvalue weighted by molar-refractivity contribution is 0.267. The highest BCUT2D eigenvalue weighted by Gasteiger charge is 2.25. The van der Waals surface area contributed by atoms with E-state index in [0.717, 1.165) is 25.3 Å². The van der Waals surface area contributed by atoms with E-state index in [-0.39, 0.29) is 6.61 Å². The zero-order chi connectivity index (χ0) is 15.5. The summed E-state index contributed by atoms with van der Waals surface area (Å²) in [6, 6.07) is 10.8. The number of hydrogen-bond acceptors (Lipinski definition) is 3. The first-order valence-corrected chi connectivity index (χ1v) is 8.10. The van der Waals surface area contributed by atoms with Crippen molar-refractivity contribution in [1.82, 2.24) is 14.7 Å². The lowest BCUT2D eigenvalue weighted by Crippen LogP contribution is -2.20. The van der Waals surface area contributed by atoms with E-state index in [4.69, 9.17) is 5.11 Å². The van der Waals surface area contributed by atoms with Crippen LogP contribution >= 0.6 is 0 Å². The molecular formula is C18H25N3O. The molecule has 3 rings (SSSR count). The Balaban J connectivity index is 1.68. The number of rotatable bonds is 5. The van der Waals surface area contributed by atoms with Crippen molar-refractivity contribution in [2.75, 3.05) is 19.7 Å². The van der Waals surface area contributed by atoms with Crippen LogP contribution in [0, 0.1) is 13.8 Å². The first-order chi connectivity index (χ1) is 10.7. The molecule has 1 aromatic carbocycles. The standard InChI is InChI=1S/C18H25N3O/c1-14-18(15(2)21(19-14)10-11-22)13-20-9-8-17(12-20)16-6-4-3-5-7-16/h3-7,17,22H,8-13H2,1-2H3. The minimum absolute atomic E-state index is 0.140. The minimum Gasteiger partial charge on any atom is -0.394 e. The van der Waals surface area contributed by atoms with Gasteiger partial charge in [-0.15, -0.1) is 0 Å². The molecule has 1 atom stereocenters. The molecule has 0 radical (unpaired) electrons. The van der Waals surface area contributed by atoms with Gasteiger partial charge in [0.05, 0.1) is 18.8 Å². The zero-order valence-electron chi connectivity index (χ0n) is 13.5. The van der Waals surface area contributed by atoms with Crippen LogP contribution in [0.2, 0.25) is 0 Å². The Bertz CT molecular complexity index is 621. The molecule has 0 aliphatic carbocycles. The van der Waals surface area contributed by atoms with Crippen LogP contribution in [0.15, 0.2) is 30.3 Å². The minimum atomic E-state index is 0.140. The summed E-state index contributed by atoms with van der Waals surface area (Å²) >= 11 is 0. The number of aliphatic hydroxyl groups is 1. The molecule has 4 heteroatoms. The van der Waals surface area contributed by atoms with Gasteiger partial charge >= 0.3 is 0 Å². The molecule has 1 fully saturated rings. The lowest BCUT2D eigenvalue weighted by atomic mass is 9.99. The Labute approximate surface area is 132 Å². The average molecular weight is 299 g/mol. The summed E-state index contributed by atoms with van der Waals surface area (Å²) in [4.78, 5) is 2.53. The van der Waals surface area contributed by atoms with Crippen molar-refractivity contribution in [2.45, 2.75) is 39.3 Å². The van der Waals surface area contributed by atoms with Crippen molar-refractivity contribution >= 4 is 0 Å². The molecule has 1 aliphatic heterocycles. The third-order valence-corrected chi connectivity index (χ3v) is 4.77. The van der Waals surface area contributed by atoms with E-state index in [1.165, 1.54) is 23.2 Å². The third-order valence-electron chi connectivity index (χ3n) is 4.77. The highest BCUT2D eigenvalue weighted by molar-refractivity contribution is 5.25. The second kappa shape index (κ2) is 6.63. The molecule has 4 nitrogen and oxygen atoms in total. The number of aryl methyl sites for hydroxylation is 1. The second-order valence-electron chi connectivity index (χ2n) is 6.23. The summed E-state index contributed by atoms with van der Waals surface area (Å²) in [5, 5.41) is 13.7. The second-order valence-corrected chi connectivity index (χ2v) is 6.23. The average Bonchev–Trinajstić information content (AvgIpc) is 3.10. The van der Waals surface area contributed by atoms with Gasteiger partial charge in [-0.05, 0) is 38.3 Å². The molecule has 0 spiro atoms. The smallest absolute Gasteiger partial charge is 0.0644 e. The van der Waals surface area contributed by atoms with Crippen LogP contribution in [0.1, 0.15) is 34.9 Å². The Kier molecular flexibility index (Phi) is 4.60.